The van der Waals surface area contributed by atoms with Gasteiger partial charge < -0.3 is 0 Å². The molecule has 1 unspecified atom stereocenters. The zero-order chi connectivity index (χ0) is 21.8. The van der Waals surface area contributed by atoms with Gasteiger partial charge in [0.1, 0.15) is 0 Å². The maximum atomic E-state index is 13.0. The van der Waals surface area contributed by atoms with Crippen molar-refractivity contribution in [1.29, 1.82) is 0 Å². The van der Waals surface area contributed by atoms with Gasteiger partial charge in [-0.15, -0.1) is 10.2 Å². The number of tetrazole rings is 1. The second-order valence-electron chi connectivity index (χ2n) is 7.76. The summed E-state index contributed by atoms with van der Waals surface area (Å²) < 4.78 is 3.77. The first kappa shape index (κ1) is 20.7. The van der Waals surface area contributed by atoms with Gasteiger partial charge in [-0.1, -0.05) is 44.5 Å². The highest BCUT2D eigenvalue weighted by Gasteiger charge is 2.15. The zero-order valence-corrected chi connectivity index (χ0v) is 18.1. The minimum atomic E-state index is 0.0635. The summed E-state index contributed by atoms with van der Waals surface area (Å²) in [6.07, 6.45) is 8.37. The smallest absolute Gasteiger partial charge is 0.296 e. The molecule has 160 valence electrons. The van der Waals surface area contributed by atoms with Crippen molar-refractivity contribution in [1.82, 2.24) is 34.7 Å². The molecule has 0 aliphatic carbocycles. The molecule has 0 radical (unpaired) electrons. The van der Waals surface area contributed by atoms with Crippen LogP contribution in [-0.4, -0.2) is 34.7 Å². The number of benzene rings is 1. The van der Waals surface area contributed by atoms with E-state index >= 15 is 0 Å². The lowest BCUT2D eigenvalue weighted by atomic mass is 10.0. The summed E-state index contributed by atoms with van der Waals surface area (Å²) in [5.74, 6) is 0.531. The molecule has 1 atom stereocenters. The first-order valence-electron chi connectivity index (χ1n) is 10.7. The summed E-state index contributed by atoms with van der Waals surface area (Å²) in [5, 5.41) is 14.3. The Balaban J connectivity index is 1.64. The quantitative estimate of drug-likeness (QED) is 0.470. The number of aromatic amines is 1. The molecule has 1 aromatic carbocycles. The van der Waals surface area contributed by atoms with Crippen LogP contribution in [0.4, 0.5) is 0 Å². The average molecular weight is 418 g/mol. The molecule has 8 heteroatoms. The Morgan fingerprint density at radius 1 is 1.10 bits per heavy atom. The van der Waals surface area contributed by atoms with Crippen LogP contribution in [0.5, 0.6) is 0 Å². The highest BCUT2D eigenvalue weighted by atomic mass is 16.1. The molecule has 0 fully saturated rings. The molecule has 3 heterocycles. The second-order valence-corrected chi connectivity index (χ2v) is 7.76. The van der Waals surface area contributed by atoms with Crippen molar-refractivity contribution in [2.45, 2.75) is 52.6 Å². The van der Waals surface area contributed by atoms with Crippen LogP contribution in [0.3, 0.4) is 0 Å². The number of nitrogens with one attached hydrogen (secondary N) is 1. The third kappa shape index (κ3) is 4.19. The van der Waals surface area contributed by atoms with E-state index in [9.17, 15) is 4.79 Å². The first-order valence-corrected chi connectivity index (χ1v) is 10.7. The number of H-pyrrole nitrogens is 1. The van der Waals surface area contributed by atoms with Crippen molar-refractivity contribution < 1.29 is 0 Å². The molecule has 0 bridgehead atoms. The van der Waals surface area contributed by atoms with Crippen LogP contribution in [0, 0.1) is 0 Å². The van der Waals surface area contributed by atoms with Crippen molar-refractivity contribution in [3.8, 4) is 22.5 Å². The number of hydrogen-bond acceptors (Lipinski definition) is 5. The van der Waals surface area contributed by atoms with E-state index in [0.29, 0.717) is 12.4 Å². The van der Waals surface area contributed by atoms with E-state index in [0.717, 1.165) is 47.2 Å². The summed E-state index contributed by atoms with van der Waals surface area (Å²) >= 11 is 0. The van der Waals surface area contributed by atoms with E-state index in [1.807, 2.05) is 33.5 Å². The summed E-state index contributed by atoms with van der Waals surface area (Å²) in [5.41, 5.74) is 5.04. The predicted octanol–water partition coefficient (Wildman–Crippen LogP) is 3.86. The maximum Gasteiger partial charge on any atom is 0.328 e. The summed E-state index contributed by atoms with van der Waals surface area (Å²) in [4.78, 5) is 17.3. The fourth-order valence-electron chi connectivity index (χ4n) is 3.75. The molecule has 4 aromatic rings. The van der Waals surface area contributed by atoms with Crippen LogP contribution >= 0.6 is 0 Å². The average Bonchev–Trinajstić information content (AvgIpc) is 3.44. The number of nitrogens with zero attached hydrogens (tertiary/aromatic N) is 6. The molecule has 0 saturated heterocycles. The SMILES string of the molecule is CCCc1cn(C(C)CC)c(=O)n1Cc1ccc(-c2cnccc2-c2nn[nH]n2)cc1. The van der Waals surface area contributed by atoms with Gasteiger partial charge in [-0.3, -0.25) is 14.1 Å². The summed E-state index contributed by atoms with van der Waals surface area (Å²) in [6, 6.07) is 10.3. The topological polar surface area (TPSA) is 94.3 Å². The molecule has 0 aliphatic heterocycles. The van der Waals surface area contributed by atoms with Gasteiger partial charge in [0.15, 0.2) is 0 Å². The van der Waals surface area contributed by atoms with Crippen molar-refractivity contribution >= 4 is 0 Å². The fraction of sp³-hybridized carbons (Fsp3) is 0.348. The zero-order valence-electron chi connectivity index (χ0n) is 18.1. The highest BCUT2D eigenvalue weighted by molar-refractivity contribution is 5.79. The standard InChI is InChI=1S/C23H27N7O/c1-4-6-19-15-29(16(3)5-2)23(31)30(19)14-17-7-9-18(10-8-17)21-13-24-12-11-20(21)22-25-27-28-26-22/h7-13,15-16H,4-6,14H2,1-3H3,(H,25,26,27,28). The highest BCUT2D eigenvalue weighted by Crippen LogP contribution is 2.29. The number of aryl methyl sites for hydroxylation is 1. The normalized spacial score (nSPS) is 12.2. The molecule has 0 aliphatic rings. The first-order chi connectivity index (χ1) is 15.1. The van der Waals surface area contributed by atoms with E-state index in [1.54, 1.807) is 12.4 Å². The van der Waals surface area contributed by atoms with Crippen LogP contribution in [0.15, 0.2) is 53.7 Å². The van der Waals surface area contributed by atoms with Crippen molar-refractivity contribution in [2.75, 3.05) is 0 Å². The molecule has 4 rings (SSSR count). The van der Waals surface area contributed by atoms with E-state index in [1.165, 1.54) is 0 Å². The Bertz CT molecular complexity index is 1190. The predicted molar refractivity (Wildman–Crippen MR) is 120 cm³/mol. The lowest BCUT2D eigenvalue weighted by Crippen LogP contribution is -2.27. The van der Waals surface area contributed by atoms with Gasteiger partial charge in [0.2, 0.25) is 5.82 Å². The van der Waals surface area contributed by atoms with Crippen molar-refractivity contribution in [3.63, 3.8) is 0 Å². The van der Waals surface area contributed by atoms with E-state index in [2.05, 4.69) is 58.5 Å². The lowest BCUT2D eigenvalue weighted by molar-refractivity contribution is 0.504. The van der Waals surface area contributed by atoms with Crippen molar-refractivity contribution in [2.24, 2.45) is 0 Å². The largest absolute Gasteiger partial charge is 0.328 e. The Hall–Kier alpha value is -3.55. The van der Waals surface area contributed by atoms with Gasteiger partial charge in [0.25, 0.3) is 0 Å². The number of pyridine rings is 1. The Morgan fingerprint density at radius 3 is 2.58 bits per heavy atom. The van der Waals surface area contributed by atoms with Gasteiger partial charge >= 0.3 is 5.69 Å². The molecule has 8 nitrogen and oxygen atoms in total. The third-order valence-corrected chi connectivity index (χ3v) is 5.67. The molecule has 1 N–H and O–H groups in total. The minimum Gasteiger partial charge on any atom is -0.296 e. The van der Waals surface area contributed by atoms with Gasteiger partial charge in [0, 0.05) is 41.5 Å². The minimum absolute atomic E-state index is 0.0635. The van der Waals surface area contributed by atoms with Crippen LogP contribution in [0.2, 0.25) is 0 Å². The molecule has 3 aromatic heterocycles. The molecule has 31 heavy (non-hydrogen) atoms. The van der Waals surface area contributed by atoms with Crippen LogP contribution in [0.1, 0.15) is 50.9 Å². The van der Waals surface area contributed by atoms with Crippen LogP contribution < -0.4 is 5.69 Å². The summed E-state index contributed by atoms with van der Waals surface area (Å²) in [6.45, 7) is 6.89. The van der Waals surface area contributed by atoms with E-state index < -0.39 is 0 Å². The molecule has 0 amide bonds. The van der Waals surface area contributed by atoms with Gasteiger partial charge in [-0.05, 0) is 42.2 Å². The van der Waals surface area contributed by atoms with Crippen molar-refractivity contribution in [3.05, 3.63) is 70.7 Å². The van der Waals surface area contributed by atoms with Crippen LogP contribution in [-0.2, 0) is 13.0 Å². The monoisotopic (exact) mass is 417 g/mol. The number of hydrogen-bond donors (Lipinski definition) is 1. The van der Waals surface area contributed by atoms with Gasteiger partial charge in [0.05, 0.1) is 6.54 Å². The second kappa shape index (κ2) is 9.07. The summed E-state index contributed by atoms with van der Waals surface area (Å²) in [7, 11) is 0. The lowest BCUT2D eigenvalue weighted by Gasteiger charge is -2.10. The van der Waals surface area contributed by atoms with Crippen LogP contribution in [0.25, 0.3) is 22.5 Å². The van der Waals surface area contributed by atoms with Gasteiger partial charge in [-0.2, -0.15) is 5.21 Å². The Kier molecular flexibility index (Phi) is 6.06. The Morgan fingerprint density at radius 2 is 1.90 bits per heavy atom. The Labute approximate surface area is 181 Å². The molecule has 0 saturated carbocycles. The third-order valence-electron chi connectivity index (χ3n) is 5.67. The number of rotatable bonds is 8. The molecular weight excluding hydrogens is 390 g/mol. The van der Waals surface area contributed by atoms with E-state index in [4.69, 9.17) is 0 Å². The van der Waals surface area contributed by atoms with Gasteiger partial charge in [-0.25, -0.2) is 4.79 Å². The molecular formula is C23H27N7O. The van der Waals surface area contributed by atoms with E-state index in [-0.39, 0.29) is 11.7 Å². The maximum absolute atomic E-state index is 13.0. The fourth-order valence-corrected chi connectivity index (χ4v) is 3.75. The molecule has 0 spiro atoms. The number of aromatic nitrogens is 7. The number of imidazole rings is 1.